The lowest BCUT2D eigenvalue weighted by Crippen LogP contribution is -2.50. The minimum atomic E-state index is -0.439. The van der Waals surface area contributed by atoms with Gasteiger partial charge in [0.25, 0.3) is 0 Å². The Hall–Kier alpha value is -1.62. The molecule has 1 aliphatic heterocycles. The third-order valence-corrected chi connectivity index (χ3v) is 4.41. The van der Waals surface area contributed by atoms with Crippen molar-refractivity contribution in [1.82, 2.24) is 14.8 Å². The molecule has 1 fully saturated rings. The molecule has 0 spiro atoms. The van der Waals surface area contributed by atoms with Crippen LogP contribution in [0.4, 0.5) is 4.79 Å². The zero-order valence-corrected chi connectivity index (χ0v) is 15.7. The van der Waals surface area contributed by atoms with Crippen molar-refractivity contribution in [2.75, 3.05) is 26.2 Å². The summed E-state index contributed by atoms with van der Waals surface area (Å²) in [6.07, 6.45) is 3.66. The topological polar surface area (TPSA) is 45.7 Å². The van der Waals surface area contributed by atoms with Crippen LogP contribution in [-0.4, -0.2) is 52.7 Å². The van der Waals surface area contributed by atoms with Gasteiger partial charge in [0.1, 0.15) is 5.60 Å². The summed E-state index contributed by atoms with van der Waals surface area (Å²) in [5.74, 6) is 0. The fourth-order valence-corrected chi connectivity index (χ4v) is 3.27. The van der Waals surface area contributed by atoms with E-state index in [4.69, 9.17) is 4.74 Å². The highest BCUT2D eigenvalue weighted by molar-refractivity contribution is 5.68. The molecule has 0 aliphatic carbocycles. The molecule has 1 amide bonds. The highest BCUT2D eigenvalue weighted by Gasteiger charge is 2.29. The van der Waals surface area contributed by atoms with Crippen molar-refractivity contribution in [1.29, 1.82) is 0 Å². The quantitative estimate of drug-likeness (QED) is 0.844. The number of ether oxygens (including phenoxy) is 1. The Morgan fingerprint density at radius 1 is 1.25 bits per heavy atom. The van der Waals surface area contributed by atoms with Crippen molar-refractivity contribution >= 4 is 6.09 Å². The van der Waals surface area contributed by atoms with Crippen LogP contribution in [0.5, 0.6) is 0 Å². The molecule has 2 heterocycles. The van der Waals surface area contributed by atoms with Crippen molar-refractivity contribution in [3.8, 4) is 0 Å². The molecular weight excluding hydrogens is 302 g/mol. The van der Waals surface area contributed by atoms with E-state index < -0.39 is 5.60 Å². The van der Waals surface area contributed by atoms with Crippen LogP contribution in [0.1, 0.15) is 58.3 Å². The van der Waals surface area contributed by atoms with E-state index in [9.17, 15) is 4.79 Å². The lowest BCUT2D eigenvalue weighted by Gasteiger charge is -2.39. The van der Waals surface area contributed by atoms with E-state index >= 15 is 0 Å². The van der Waals surface area contributed by atoms with E-state index in [0.29, 0.717) is 19.1 Å². The lowest BCUT2D eigenvalue weighted by atomic mass is 9.99. The van der Waals surface area contributed by atoms with Gasteiger partial charge in [0.05, 0.1) is 0 Å². The molecule has 0 N–H and O–H groups in total. The second-order valence-electron chi connectivity index (χ2n) is 7.32. The maximum atomic E-state index is 12.2. The first-order chi connectivity index (χ1) is 11.4. The maximum Gasteiger partial charge on any atom is 0.410 e. The summed E-state index contributed by atoms with van der Waals surface area (Å²) in [6, 6.07) is 4.59. The first-order valence-electron chi connectivity index (χ1n) is 9.01. The second-order valence-corrected chi connectivity index (χ2v) is 7.32. The molecule has 0 radical (unpaired) electrons. The van der Waals surface area contributed by atoms with Gasteiger partial charge in [0.15, 0.2) is 0 Å². The van der Waals surface area contributed by atoms with Gasteiger partial charge < -0.3 is 9.64 Å². The fourth-order valence-electron chi connectivity index (χ4n) is 3.27. The molecule has 0 bridgehead atoms. The zero-order valence-electron chi connectivity index (χ0n) is 15.7. The van der Waals surface area contributed by atoms with Crippen LogP contribution in [0.15, 0.2) is 18.3 Å². The van der Waals surface area contributed by atoms with Gasteiger partial charge in [-0.2, -0.15) is 0 Å². The molecule has 2 rings (SSSR count). The summed E-state index contributed by atoms with van der Waals surface area (Å²) in [7, 11) is 0. The van der Waals surface area contributed by atoms with Crippen LogP contribution >= 0.6 is 0 Å². The average molecular weight is 333 g/mol. The molecule has 5 nitrogen and oxygen atoms in total. The minimum Gasteiger partial charge on any atom is -0.444 e. The number of pyridine rings is 1. The van der Waals surface area contributed by atoms with Gasteiger partial charge in [-0.3, -0.25) is 9.88 Å². The van der Waals surface area contributed by atoms with E-state index in [2.05, 4.69) is 29.8 Å². The van der Waals surface area contributed by atoms with Gasteiger partial charge in [-0.25, -0.2) is 4.79 Å². The number of carbonyl (C=O) groups excluding carboxylic acids is 1. The number of nitrogens with zero attached hydrogens (tertiary/aromatic N) is 3. The average Bonchev–Trinajstić information content (AvgIpc) is 2.55. The lowest BCUT2D eigenvalue weighted by molar-refractivity contribution is 0.00991. The third-order valence-electron chi connectivity index (χ3n) is 4.41. The Balaban J connectivity index is 2.01. The molecule has 134 valence electrons. The number of piperazine rings is 1. The van der Waals surface area contributed by atoms with Crippen molar-refractivity contribution in [2.45, 2.75) is 59.1 Å². The summed E-state index contributed by atoms with van der Waals surface area (Å²) in [4.78, 5) is 21.0. The second kappa shape index (κ2) is 7.97. The predicted octanol–water partition coefficient (Wildman–Crippen LogP) is 3.65. The maximum absolute atomic E-state index is 12.2. The Morgan fingerprint density at radius 3 is 2.46 bits per heavy atom. The standard InChI is InChI=1S/C19H31N3O2/c1-6-16-15(9-8-10-20-16)17(7-2)21-11-13-22(14-12-21)18(23)24-19(3,4)5/h8-10,17H,6-7,11-14H2,1-5H3. The molecule has 1 aromatic rings. The number of rotatable bonds is 4. The van der Waals surface area contributed by atoms with Crippen LogP contribution < -0.4 is 0 Å². The van der Waals surface area contributed by atoms with E-state index in [-0.39, 0.29) is 6.09 Å². The normalized spacial score (nSPS) is 17.6. The van der Waals surface area contributed by atoms with Gasteiger partial charge in [-0.05, 0) is 45.2 Å². The molecule has 24 heavy (non-hydrogen) atoms. The fraction of sp³-hybridized carbons (Fsp3) is 0.684. The highest BCUT2D eigenvalue weighted by atomic mass is 16.6. The SMILES string of the molecule is CCc1ncccc1C(CC)N1CCN(C(=O)OC(C)(C)C)CC1. The first kappa shape index (κ1) is 18.7. The van der Waals surface area contributed by atoms with E-state index in [1.54, 1.807) is 0 Å². The van der Waals surface area contributed by atoms with Crippen LogP contribution in [0.2, 0.25) is 0 Å². The number of hydrogen-bond donors (Lipinski definition) is 0. The van der Waals surface area contributed by atoms with Crippen LogP contribution in [-0.2, 0) is 11.2 Å². The number of aryl methyl sites for hydroxylation is 1. The highest BCUT2D eigenvalue weighted by Crippen LogP contribution is 2.27. The molecule has 1 aromatic heterocycles. The van der Waals surface area contributed by atoms with Crippen molar-refractivity contribution in [3.05, 3.63) is 29.6 Å². The molecule has 1 aliphatic rings. The summed E-state index contributed by atoms with van der Waals surface area (Å²) < 4.78 is 5.48. The Bertz CT molecular complexity index is 546. The van der Waals surface area contributed by atoms with Crippen molar-refractivity contribution in [3.63, 3.8) is 0 Å². The third kappa shape index (κ3) is 4.69. The molecule has 5 heteroatoms. The summed E-state index contributed by atoms with van der Waals surface area (Å²) in [6.45, 7) is 13.3. The van der Waals surface area contributed by atoms with Crippen LogP contribution in [0.25, 0.3) is 0 Å². The minimum absolute atomic E-state index is 0.203. The smallest absolute Gasteiger partial charge is 0.410 e. The zero-order chi connectivity index (χ0) is 17.7. The van der Waals surface area contributed by atoms with E-state index in [1.165, 1.54) is 11.3 Å². The number of carbonyl (C=O) groups is 1. The summed E-state index contributed by atoms with van der Waals surface area (Å²) in [5.41, 5.74) is 2.07. The van der Waals surface area contributed by atoms with Gasteiger partial charge in [-0.1, -0.05) is 19.9 Å². The van der Waals surface area contributed by atoms with Gasteiger partial charge in [0, 0.05) is 44.1 Å². The van der Waals surface area contributed by atoms with Crippen molar-refractivity contribution in [2.24, 2.45) is 0 Å². The number of aromatic nitrogens is 1. The largest absolute Gasteiger partial charge is 0.444 e. The number of hydrogen-bond acceptors (Lipinski definition) is 4. The predicted molar refractivity (Wildman–Crippen MR) is 96.0 cm³/mol. The van der Waals surface area contributed by atoms with E-state index in [0.717, 1.165) is 25.9 Å². The molecule has 1 saturated heterocycles. The van der Waals surface area contributed by atoms with Crippen LogP contribution in [0.3, 0.4) is 0 Å². The van der Waals surface area contributed by atoms with E-state index in [1.807, 2.05) is 37.9 Å². The van der Waals surface area contributed by atoms with Gasteiger partial charge in [-0.15, -0.1) is 0 Å². The summed E-state index contributed by atoms with van der Waals surface area (Å²) in [5, 5.41) is 0. The molecule has 0 aromatic carbocycles. The Kier molecular flexibility index (Phi) is 6.21. The Morgan fingerprint density at radius 2 is 1.92 bits per heavy atom. The molecular formula is C19H31N3O2. The van der Waals surface area contributed by atoms with Gasteiger partial charge >= 0.3 is 6.09 Å². The molecule has 0 saturated carbocycles. The Labute approximate surface area is 146 Å². The molecule has 1 atom stereocenters. The van der Waals surface area contributed by atoms with Crippen molar-refractivity contribution < 1.29 is 9.53 Å². The number of amides is 1. The monoisotopic (exact) mass is 333 g/mol. The summed E-state index contributed by atoms with van der Waals surface area (Å²) >= 11 is 0. The first-order valence-corrected chi connectivity index (χ1v) is 9.01. The van der Waals surface area contributed by atoms with Crippen LogP contribution in [0, 0.1) is 0 Å². The molecule has 1 unspecified atom stereocenters. The van der Waals surface area contributed by atoms with Gasteiger partial charge in [0.2, 0.25) is 0 Å².